The number of hydrogen-bond donors (Lipinski definition) is 0. The van der Waals surface area contributed by atoms with Gasteiger partial charge < -0.3 is 9.47 Å². The highest BCUT2D eigenvalue weighted by molar-refractivity contribution is 9.10. The zero-order valence-electron chi connectivity index (χ0n) is 7.42. The Balaban J connectivity index is 3.04. The van der Waals surface area contributed by atoms with Gasteiger partial charge in [-0.15, -0.1) is 0 Å². The standard InChI is InChI=1S/C9H8BrFO3/c1-13-5-14-8-3-2-7(10)9(11)6(8)4-12/h2-4H,5H2,1H3. The molecule has 14 heavy (non-hydrogen) atoms. The van der Waals surface area contributed by atoms with Gasteiger partial charge in [-0.3, -0.25) is 4.79 Å². The lowest BCUT2D eigenvalue weighted by atomic mass is 10.2. The second-order valence-electron chi connectivity index (χ2n) is 2.44. The van der Waals surface area contributed by atoms with Crippen molar-refractivity contribution in [2.45, 2.75) is 0 Å². The van der Waals surface area contributed by atoms with Crippen LogP contribution < -0.4 is 4.74 Å². The highest BCUT2D eigenvalue weighted by atomic mass is 79.9. The number of rotatable bonds is 4. The highest BCUT2D eigenvalue weighted by Gasteiger charge is 2.12. The Morgan fingerprint density at radius 1 is 1.57 bits per heavy atom. The van der Waals surface area contributed by atoms with Crippen LogP contribution in [0.3, 0.4) is 0 Å². The summed E-state index contributed by atoms with van der Waals surface area (Å²) in [5.41, 5.74) is -0.114. The smallest absolute Gasteiger partial charge is 0.188 e. The molecule has 0 aliphatic carbocycles. The largest absolute Gasteiger partial charge is 0.467 e. The monoisotopic (exact) mass is 262 g/mol. The quantitative estimate of drug-likeness (QED) is 0.618. The van der Waals surface area contributed by atoms with Gasteiger partial charge in [-0.05, 0) is 28.1 Å². The number of carbonyl (C=O) groups excluding carboxylic acids is 1. The Hall–Kier alpha value is -0.940. The summed E-state index contributed by atoms with van der Waals surface area (Å²) in [5, 5.41) is 0. The third-order valence-corrected chi connectivity index (χ3v) is 2.16. The second kappa shape index (κ2) is 5.07. The van der Waals surface area contributed by atoms with E-state index >= 15 is 0 Å². The van der Waals surface area contributed by atoms with Crippen LogP contribution in [0.2, 0.25) is 0 Å². The molecule has 76 valence electrons. The topological polar surface area (TPSA) is 35.5 Å². The van der Waals surface area contributed by atoms with Gasteiger partial charge >= 0.3 is 0 Å². The number of methoxy groups -OCH3 is 1. The van der Waals surface area contributed by atoms with Gasteiger partial charge in [0.25, 0.3) is 0 Å². The Morgan fingerprint density at radius 2 is 2.29 bits per heavy atom. The molecule has 1 aromatic rings. The molecule has 0 spiro atoms. The van der Waals surface area contributed by atoms with Crippen LogP contribution in [0.5, 0.6) is 5.75 Å². The van der Waals surface area contributed by atoms with E-state index in [1.165, 1.54) is 19.2 Å². The first kappa shape index (κ1) is 11.1. The fourth-order valence-electron chi connectivity index (χ4n) is 0.907. The second-order valence-corrected chi connectivity index (χ2v) is 3.30. The van der Waals surface area contributed by atoms with E-state index in [0.29, 0.717) is 6.29 Å². The number of aldehydes is 1. The summed E-state index contributed by atoms with van der Waals surface area (Å²) in [6.45, 7) is -0.0259. The van der Waals surface area contributed by atoms with Crippen molar-refractivity contribution in [1.82, 2.24) is 0 Å². The Morgan fingerprint density at radius 3 is 2.86 bits per heavy atom. The van der Waals surface area contributed by atoms with E-state index in [4.69, 9.17) is 4.74 Å². The van der Waals surface area contributed by atoms with E-state index in [-0.39, 0.29) is 22.6 Å². The molecule has 0 unspecified atom stereocenters. The fourth-order valence-corrected chi connectivity index (χ4v) is 1.25. The lowest BCUT2D eigenvalue weighted by molar-refractivity contribution is 0.0502. The van der Waals surface area contributed by atoms with Crippen LogP contribution in [0.4, 0.5) is 4.39 Å². The van der Waals surface area contributed by atoms with Crippen LogP contribution in [0.1, 0.15) is 10.4 Å². The van der Waals surface area contributed by atoms with Gasteiger partial charge in [0.05, 0.1) is 10.0 Å². The zero-order chi connectivity index (χ0) is 10.6. The van der Waals surface area contributed by atoms with E-state index in [9.17, 15) is 9.18 Å². The van der Waals surface area contributed by atoms with Gasteiger partial charge in [0, 0.05) is 7.11 Å². The van der Waals surface area contributed by atoms with Crippen LogP contribution in [-0.2, 0) is 4.74 Å². The number of carbonyl (C=O) groups is 1. The van der Waals surface area contributed by atoms with Crippen molar-refractivity contribution in [1.29, 1.82) is 0 Å². The average Bonchev–Trinajstić information content (AvgIpc) is 2.20. The van der Waals surface area contributed by atoms with E-state index in [1.54, 1.807) is 0 Å². The minimum Gasteiger partial charge on any atom is -0.467 e. The normalized spacial score (nSPS) is 9.93. The molecule has 1 aromatic carbocycles. The summed E-state index contributed by atoms with van der Waals surface area (Å²) in [4.78, 5) is 10.6. The molecule has 0 aliphatic rings. The van der Waals surface area contributed by atoms with Gasteiger partial charge in [0.15, 0.2) is 18.9 Å². The minimum atomic E-state index is -0.631. The van der Waals surface area contributed by atoms with Crippen LogP contribution in [0.15, 0.2) is 16.6 Å². The molecule has 0 heterocycles. The van der Waals surface area contributed by atoms with Crippen LogP contribution in [0.25, 0.3) is 0 Å². The maximum absolute atomic E-state index is 13.3. The third-order valence-electron chi connectivity index (χ3n) is 1.54. The zero-order valence-corrected chi connectivity index (χ0v) is 9.01. The number of hydrogen-bond acceptors (Lipinski definition) is 3. The van der Waals surface area contributed by atoms with Crippen molar-refractivity contribution in [3.8, 4) is 5.75 Å². The molecule has 0 aliphatic heterocycles. The van der Waals surface area contributed by atoms with E-state index in [1.807, 2.05) is 0 Å². The summed E-state index contributed by atoms with van der Waals surface area (Å²) in [7, 11) is 1.44. The fraction of sp³-hybridized carbons (Fsp3) is 0.222. The van der Waals surface area contributed by atoms with Crippen molar-refractivity contribution in [3.63, 3.8) is 0 Å². The first-order chi connectivity index (χ1) is 6.70. The molecular weight excluding hydrogens is 255 g/mol. The van der Waals surface area contributed by atoms with Gasteiger partial charge in [0.1, 0.15) is 5.75 Å². The van der Waals surface area contributed by atoms with Crippen LogP contribution in [0, 0.1) is 5.82 Å². The molecule has 0 saturated heterocycles. The Labute approximate surface area is 88.9 Å². The molecule has 0 N–H and O–H groups in total. The van der Waals surface area contributed by atoms with Gasteiger partial charge in [0.2, 0.25) is 0 Å². The van der Waals surface area contributed by atoms with E-state index in [0.717, 1.165) is 0 Å². The van der Waals surface area contributed by atoms with Crippen molar-refractivity contribution < 1.29 is 18.7 Å². The van der Waals surface area contributed by atoms with Crippen LogP contribution in [-0.4, -0.2) is 20.2 Å². The third kappa shape index (κ3) is 2.30. The summed E-state index contributed by atoms with van der Waals surface area (Å²) >= 11 is 2.97. The van der Waals surface area contributed by atoms with Crippen molar-refractivity contribution >= 4 is 22.2 Å². The summed E-state index contributed by atoms with van der Waals surface area (Å²) < 4.78 is 23.2. The first-order valence-electron chi connectivity index (χ1n) is 3.75. The predicted molar refractivity (Wildman–Crippen MR) is 52.0 cm³/mol. The molecule has 3 nitrogen and oxygen atoms in total. The minimum absolute atomic E-state index is 0.0259. The summed E-state index contributed by atoms with van der Waals surface area (Å²) in [5.74, 6) is -0.462. The Bertz CT molecular complexity index is 341. The maximum Gasteiger partial charge on any atom is 0.188 e. The highest BCUT2D eigenvalue weighted by Crippen LogP contribution is 2.26. The van der Waals surface area contributed by atoms with Crippen molar-refractivity contribution in [2.24, 2.45) is 0 Å². The maximum atomic E-state index is 13.3. The molecule has 1 rings (SSSR count). The molecule has 0 amide bonds. The molecule has 0 atom stereocenters. The number of halogens is 2. The lowest BCUT2D eigenvalue weighted by Crippen LogP contribution is -2.03. The molecule has 0 bridgehead atoms. The Kier molecular flexibility index (Phi) is 4.03. The SMILES string of the molecule is COCOc1ccc(Br)c(F)c1C=O. The molecule has 0 aromatic heterocycles. The summed E-state index contributed by atoms with van der Waals surface area (Å²) in [6, 6.07) is 2.96. The molecule has 0 fully saturated rings. The lowest BCUT2D eigenvalue weighted by Gasteiger charge is -2.08. The predicted octanol–water partition coefficient (Wildman–Crippen LogP) is 2.38. The molecule has 5 heteroatoms. The average molecular weight is 263 g/mol. The molecular formula is C9H8BrFO3. The first-order valence-corrected chi connectivity index (χ1v) is 4.55. The van der Waals surface area contributed by atoms with Crippen LogP contribution >= 0.6 is 15.9 Å². The molecule has 0 radical (unpaired) electrons. The van der Waals surface area contributed by atoms with Gasteiger partial charge in [-0.2, -0.15) is 0 Å². The molecule has 0 saturated carbocycles. The van der Waals surface area contributed by atoms with Crippen molar-refractivity contribution in [2.75, 3.05) is 13.9 Å². The number of benzene rings is 1. The van der Waals surface area contributed by atoms with E-state index in [2.05, 4.69) is 20.7 Å². The van der Waals surface area contributed by atoms with Gasteiger partial charge in [-0.25, -0.2) is 4.39 Å². The summed E-state index contributed by atoms with van der Waals surface area (Å²) in [6.07, 6.45) is 0.408. The van der Waals surface area contributed by atoms with Crippen molar-refractivity contribution in [3.05, 3.63) is 28.0 Å². The van der Waals surface area contributed by atoms with Gasteiger partial charge in [-0.1, -0.05) is 0 Å². The number of ether oxygens (including phenoxy) is 2. The van der Waals surface area contributed by atoms with E-state index < -0.39 is 5.82 Å².